The van der Waals surface area contributed by atoms with E-state index in [9.17, 15) is 4.79 Å². The van der Waals surface area contributed by atoms with Crippen LogP contribution in [0, 0.1) is 0 Å². The van der Waals surface area contributed by atoms with Gasteiger partial charge in [-0.15, -0.1) is 0 Å². The van der Waals surface area contributed by atoms with Crippen molar-refractivity contribution in [1.29, 1.82) is 0 Å². The summed E-state index contributed by atoms with van der Waals surface area (Å²) in [5, 5.41) is 0. The van der Waals surface area contributed by atoms with Crippen LogP contribution in [0.15, 0.2) is 54.7 Å². The van der Waals surface area contributed by atoms with Gasteiger partial charge in [-0.3, -0.25) is 4.79 Å². The van der Waals surface area contributed by atoms with E-state index < -0.39 is 0 Å². The van der Waals surface area contributed by atoms with Crippen molar-refractivity contribution in [3.05, 3.63) is 66.1 Å². The van der Waals surface area contributed by atoms with E-state index in [-0.39, 0.29) is 11.8 Å². The van der Waals surface area contributed by atoms with Crippen molar-refractivity contribution in [2.24, 2.45) is 0 Å². The van der Waals surface area contributed by atoms with Crippen LogP contribution in [0.1, 0.15) is 23.7 Å². The van der Waals surface area contributed by atoms with E-state index in [0.717, 1.165) is 34.1 Å². The maximum absolute atomic E-state index is 12.6. The van der Waals surface area contributed by atoms with Crippen molar-refractivity contribution in [3.63, 3.8) is 0 Å². The first-order valence-electron chi connectivity index (χ1n) is 9.27. The second kappa shape index (κ2) is 7.76. The molecule has 2 aromatic carbocycles. The number of H-pyrrole nitrogens is 1. The number of likely N-dealkylation sites (tertiary alicyclic amines) is 1. The third kappa shape index (κ3) is 3.45. The average Bonchev–Trinajstić information content (AvgIpc) is 3.35. The summed E-state index contributed by atoms with van der Waals surface area (Å²) in [5.41, 5.74) is 2.86. The lowest BCUT2D eigenvalue weighted by molar-refractivity contribution is -0.128. The topological polar surface area (TPSA) is 67.5 Å². The van der Waals surface area contributed by atoms with Crippen molar-refractivity contribution in [2.45, 2.75) is 18.9 Å². The number of para-hydroxylation sites is 2. The summed E-state index contributed by atoms with van der Waals surface area (Å²) < 4.78 is 10.8. The molecule has 144 valence electrons. The molecule has 2 heterocycles. The molecule has 1 aromatic heterocycles. The Hall–Kier alpha value is -3.28. The normalized spacial score (nSPS) is 16.4. The Bertz CT molecular complexity index is 982. The molecule has 4 rings (SSSR count). The van der Waals surface area contributed by atoms with Gasteiger partial charge in [-0.25, -0.2) is 4.98 Å². The van der Waals surface area contributed by atoms with Gasteiger partial charge in [0.05, 0.1) is 26.1 Å². The summed E-state index contributed by atoms with van der Waals surface area (Å²) in [5.74, 6) is 2.60. The van der Waals surface area contributed by atoms with Gasteiger partial charge in [-0.2, -0.15) is 0 Å². The van der Waals surface area contributed by atoms with Crippen molar-refractivity contribution in [2.75, 3.05) is 20.8 Å². The van der Waals surface area contributed by atoms with E-state index in [1.807, 2.05) is 53.4 Å². The molecule has 0 aliphatic carbocycles. The van der Waals surface area contributed by atoms with E-state index in [2.05, 4.69) is 9.97 Å². The molecule has 3 aromatic rings. The maximum atomic E-state index is 12.6. The highest BCUT2D eigenvalue weighted by Crippen LogP contribution is 2.32. The highest BCUT2D eigenvalue weighted by Gasteiger charge is 2.32. The van der Waals surface area contributed by atoms with Crippen LogP contribution in [-0.4, -0.2) is 41.5 Å². The van der Waals surface area contributed by atoms with Crippen LogP contribution in [0.25, 0.3) is 11.3 Å². The van der Waals surface area contributed by atoms with Crippen LogP contribution in [0.5, 0.6) is 11.5 Å². The number of nitrogens with one attached hydrogen (secondary N) is 1. The summed E-state index contributed by atoms with van der Waals surface area (Å²) in [6.07, 6.45) is 2.26. The second-order valence-electron chi connectivity index (χ2n) is 6.87. The Labute approximate surface area is 164 Å². The molecular formula is C22H23N3O3. The fourth-order valence-electron chi connectivity index (χ4n) is 3.70. The number of rotatable bonds is 6. The Morgan fingerprint density at radius 2 is 1.79 bits per heavy atom. The summed E-state index contributed by atoms with van der Waals surface area (Å²) in [6.45, 7) is 1.18. The monoisotopic (exact) mass is 377 g/mol. The minimum Gasteiger partial charge on any atom is -0.496 e. The summed E-state index contributed by atoms with van der Waals surface area (Å²) in [7, 11) is 3.30. The Kier molecular flexibility index (Phi) is 5.02. The predicted molar refractivity (Wildman–Crippen MR) is 106 cm³/mol. The number of amides is 1. The van der Waals surface area contributed by atoms with Crippen LogP contribution < -0.4 is 9.47 Å². The fraction of sp³-hybridized carbons (Fsp3) is 0.273. The highest BCUT2D eigenvalue weighted by molar-refractivity contribution is 5.79. The van der Waals surface area contributed by atoms with Crippen LogP contribution in [-0.2, 0) is 11.3 Å². The molecule has 0 bridgehead atoms. The van der Waals surface area contributed by atoms with E-state index in [0.29, 0.717) is 19.5 Å². The van der Waals surface area contributed by atoms with Crippen molar-refractivity contribution < 1.29 is 14.3 Å². The molecule has 1 amide bonds. The number of carbonyl (C=O) groups excluding carboxylic acids is 1. The zero-order valence-corrected chi connectivity index (χ0v) is 16.0. The minimum absolute atomic E-state index is 0.0469. The molecule has 0 spiro atoms. The molecular weight excluding hydrogens is 354 g/mol. The average molecular weight is 377 g/mol. The quantitative estimate of drug-likeness (QED) is 0.713. The minimum atomic E-state index is 0.0469. The number of benzene rings is 2. The van der Waals surface area contributed by atoms with Gasteiger partial charge < -0.3 is 19.4 Å². The first-order valence-corrected chi connectivity index (χ1v) is 9.27. The molecule has 1 aliphatic heterocycles. The molecule has 6 nitrogen and oxygen atoms in total. The third-order valence-corrected chi connectivity index (χ3v) is 5.15. The predicted octanol–water partition coefficient (Wildman–Crippen LogP) is 3.61. The molecule has 1 atom stereocenters. The fourth-order valence-corrected chi connectivity index (χ4v) is 3.70. The Morgan fingerprint density at radius 3 is 2.57 bits per heavy atom. The molecule has 1 saturated heterocycles. The van der Waals surface area contributed by atoms with Crippen molar-refractivity contribution in [3.8, 4) is 22.8 Å². The van der Waals surface area contributed by atoms with E-state index >= 15 is 0 Å². The zero-order chi connectivity index (χ0) is 19.5. The number of hydrogen-bond donors (Lipinski definition) is 1. The van der Waals surface area contributed by atoms with Crippen molar-refractivity contribution >= 4 is 5.91 Å². The van der Waals surface area contributed by atoms with Crippen molar-refractivity contribution in [1.82, 2.24) is 14.9 Å². The number of methoxy groups -OCH3 is 2. The van der Waals surface area contributed by atoms with E-state index in [4.69, 9.17) is 9.47 Å². The zero-order valence-electron chi connectivity index (χ0n) is 16.0. The standard InChI is InChI=1S/C22H23N3O3/c1-27-19-9-5-3-7-15(19)13-25-14-16(11-21(25)26)22-23-12-18(24-22)17-8-4-6-10-20(17)28-2/h3-10,12,16H,11,13-14H2,1-2H3,(H,23,24)/t16-/m0/s1. The largest absolute Gasteiger partial charge is 0.496 e. The number of nitrogens with zero attached hydrogens (tertiary/aromatic N) is 2. The molecule has 0 unspecified atom stereocenters. The van der Waals surface area contributed by atoms with Crippen LogP contribution in [0.3, 0.4) is 0 Å². The molecule has 1 fully saturated rings. The maximum Gasteiger partial charge on any atom is 0.223 e. The van der Waals surface area contributed by atoms with Gasteiger partial charge in [-0.05, 0) is 18.2 Å². The Balaban J connectivity index is 1.51. The summed E-state index contributed by atoms with van der Waals surface area (Å²) in [4.78, 5) is 22.4. The summed E-state index contributed by atoms with van der Waals surface area (Å²) in [6, 6.07) is 15.6. The second-order valence-corrected chi connectivity index (χ2v) is 6.87. The lowest BCUT2D eigenvalue weighted by Gasteiger charge is -2.18. The lowest BCUT2D eigenvalue weighted by atomic mass is 10.1. The van der Waals surface area contributed by atoms with Gasteiger partial charge in [0.25, 0.3) is 0 Å². The van der Waals surface area contributed by atoms with Crippen LogP contribution in [0.2, 0.25) is 0 Å². The number of imidazole rings is 1. The Morgan fingerprint density at radius 1 is 1.07 bits per heavy atom. The van der Waals surface area contributed by atoms with E-state index in [1.54, 1.807) is 20.4 Å². The molecule has 1 aliphatic rings. The van der Waals surface area contributed by atoms with Gasteiger partial charge in [0.15, 0.2) is 0 Å². The van der Waals surface area contributed by atoms with Crippen LogP contribution >= 0.6 is 0 Å². The molecule has 28 heavy (non-hydrogen) atoms. The number of carbonyl (C=O) groups is 1. The lowest BCUT2D eigenvalue weighted by Crippen LogP contribution is -2.24. The smallest absolute Gasteiger partial charge is 0.223 e. The van der Waals surface area contributed by atoms with Gasteiger partial charge >= 0.3 is 0 Å². The van der Waals surface area contributed by atoms with Crippen LogP contribution in [0.4, 0.5) is 0 Å². The summed E-state index contributed by atoms with van der Waals surface area (Å²) >= 11 is 0. The number of ether oxygens (including phenoxy) is 2. The number of aromatic nitrogens is 2. The van der Waals surface area contributed by atoms with E-state index in [1.165, 1.54) is 0 Å². The molecule has 0 radical (unpaired) electrons. The first kappa shape index (κ1) is 18.1. The third-order valence-electron chi connectivity index (χ3n) is 5.15. The van der Waals surface area contributed by atoms with Gasteiger partial charge in [0, 0.05) is 36.6 Å². The molecule has 0 saturated carbocycles. The van der Waals surface area contributed by atoms with Gasteiger partial charge in [0.2, 0.25) is 5.91 Å². The number of aromatic amines is 1. The first-order chi connectivity index (χ1) is 13.7. The highest BCUT2D eigenvalue weighted by atomic mass is 16.5. The molecule has 1 N–H and O–H groups in total. The van der Waals surface area contributed by atoms with Gasteiger partial charge in [0.1, 0.15) is 17.3 Å². The molecule has 6 heteroatoms. The number of hydrogen-bond acceptors (Lipinski definition) is 4. The van der Waals surface area contributed by atoms with Gasteiger partial charge in [-0.1, -0.05) is 30.3 Å². The SMILES string of the molecule is COc1ccccc1CN1C[C@@H](c2ncc(-c3ccccc3OC)[nH]2)CC1=O.